The van der Waals surface area contributed by atoms with Gasteiger partial charge in [-0.3, -0.25) is 9.59 Å². The highest BCUT2D eigenvalue weighted by Gasteiger charge is 2.25. The Kier molecular flexibility index (Phi) is 3.70. The van der Waals surface area contributed by atoms with E-state index in [1.165, 1.54) is 6.92 Å². The SMILES string of the molecule is CC(=O)N[C@H]1N=C(c2ccccc2)c2ccccc2NC1=O. The van der Waals surface area contributed by atoms with Crippen molar-refractivity contribution in [2.75, 3.05) is 5.32 Å². The van der Waals surface area contributed by atoms with E-state index in [0.29, 0.717) is 11.4 Å². The van der Waals surface area contributed by atoms with E-state index in [1.54, 1.807) is 0 Å². The fourth-order valence-corrected chi connectivity index (χ4v) is 2.37. The maximum Gasteiger partial charge on any atom is 0.269 e. The van der Waals surface area contributed by atoms with Gasteiger partial charge in [-0.1, -0.05) is 48.5 Å². The zero-order valence-electron chi connectivity index (χ0n) is 12.0. The first-order chi connectivity index (χ1) is 10.6. The number of amides is 2. The van der Waals surface area contributed by atoms with Crippen molar-refractivity contribution >= 4 is 23.2 Å². The summed E-state index contributed by atoms with van der Waals surface area (Å²) in [6, 6.07) is 17.1. The quantitative estimate of drug-likeness (QED) is 0.888. The topological polar surface area (TPSA) is 70.6 Å². The van der Waals surface area contributed by atoms with Gasteiger partial charge in [0.25, 0.3) is 5.91 Å². The molecule has 0 unspecified atom stereocenters. The van der Waals surface area contributed by atoms with E-state index < -0.39 is 6.17 Å². The lowest BCUT2D eigenvalue weighted by molar-refractivity contribution is -0.125. The fraction of sp³-hybridized carbons (Fsp3) is 0.118. The Morgan fingerprint density at radius 2 is 1.77 bits per heavy atom. The molecule has 1 aliphatic heterocycles. The standard InChI is InChI=1S/C17H15N3O2/c1-11(21)18-16-17(22)19-14-10-6-5-9-13(14)15(20-16)12-7-3-2-4-8-12/h2-10,16H,1H3,(H,18,21)(H,19,22)/t16-/m0/s1. The molecule has 110 valence electrons. The van der Waals surface area contributed by atoms with Gasteiger partial charge in [-0.05, 0) is 6.07 Å². The molecule has 0 bridgehead atoms. The lowest BCUT2D eigenvalue weighted by atomic mass is 10.0. The van der Waals surface area contributed by atoms with Crippen LogP contribution in [-0.2, 0) is 9.59 Å². The minimum Gasteiger partial charge on any atom is -0.327 e. The number of benzene rings is 2. The molecule has 0 saturated carbocycles. The highest BCUT2D eigenvalue weighted by Crippen LogP contribution is 2.23. The first-order valence-corrected chi connectivity index (χ1v) is 6.96. The molecule has 0 saturated heterocycles. The predicted molar refractivity (Wildman–Crippen MR) is 84.8 cm³/mol. The number of rotatable bonds is 2. The minimum atomic E-state index is -0.944. The average molecular weight is 293 g/mol. The van der Waals surface area contributed by atoms with Gasteiger partial charge >= 0.3 is 0 Å². The van der Waals surface area contributed by atoms with Crippen molar-refractivity contribution in [2.24, 2.45) is 4.99 Å². The number of nitrogens with one attached hydrogen (secondary N) is 2. The van der Waals surface area contributed by atoms with Crippen LogP contribution in [0, 0.1) is 0 Å². The Morgan fingerprint density at radius 3 is 2.50 bits per heavy atom. The van der Waals surface area contributed by atoms with Crippen molar-refractivity contribution in [3.63, 3.8) is 0 Å². The molecule has 1 heterocycles. The van der Waals surface area contributed by atoms with Gasteiger partial charge in [0.2, 0.25) is 12.1 Å². The van der Waals surface area contributed by atoms with Gasteiger partial charge < -0.3 is 10.6 Å². The predicted octanol–water partition coefficient (Wildman–Crippen LogP) is 1.94. The molecule has 2 aromatic carbocycles. The largest absolute Gasteiger partial charge is 0.327 e. The Bertz CT molecular complexity index is 754. The molecule has 1 atom stereocenters. The minimum absolute atomic E-state index is 0.303. The molecule has 0 aliphatic carbocycles. The second-order valence-electron chi connectivity index (χ2n) is 4.98. The van der Waals surface area contributed by atoms with Crippen molar-refractivity contribution in [1.82, 2.24) is 5.32 Å². The molecule has 0 spiro atoms. The van der Waals surface area contributed by atoms with Crippen molar-refractivity contribution in [1.29, 1.82) is 0 Å². The maximum atomic E-state index is 12.3. The summed E-state index contributed by atoms with van der Waals surface area (Å²) in [5, 5.41) is 5.38. The van der Waals surface area contributed by atoms with Crippen LogP contribution in [0.2, 0.25) is 0 Å². The Balaban J connectivity index is 2.15. The smallest absolute Gasteiger partial charge is 0.269 e. The molecular formula is C17H15N3O2. The Labute approximate surface area is 128 Å². The Hall–Kier alpha value is -2.95. The molecule has 5 heteroatoms. The van der Waals surface area contributed by atoms with Crippen molar-refractivity contribution in [3.8, 4) is 0 Å². The molecule has 0 radical (unpaired) electrons. The van der Waals surface area contributed by atoms with Crippen LogP contribution in [0.1, 0.15) is 18.1 Å². The van der Waals surface area contributed by atoms with Gasteiger partial charge in [0.1, 0.15) is 0 Å². The van der Waals surface area contributed by atoms with Crippen LogP contribution in [0.3, 0.4) is 0 Å². The molecule has 2 amide bonds. The van der Waals surface area contributed by atoms with Crippen molar-refractivity contribution in [2.45, 2.75) is 13.1 Å². The summed E-state index contributed by atoms with van der Waals surface area (Å²) in [5.74, 6) is -0.657. The van der Waals surface area contributed by atoms with Crippen molar-refractivity contribution in [3.05, 3.63) is 65.7 Å². The molecule has 3 rings (SSSR count). The highest BCUT2D eigenvalue weighted by atomic mass is 16.2. The highest BCUT2D eigenvalue weighted by molar-refractivity contribution is 6.19. The second kappa shape index (κ2) is 5.81. The third kappa shape index (κ3) is 2.74. The van der Waals surface area contributed by atoms with E-state index in [4.69, 9.17) is 0 Å². The van der Waals surface area contributed by atoms with Crippen LogP contribution in [0.5, 0.6) is 0 Å². The van der Waals surface area contributed by atoms with Crippen LogP contribution in [0.25, 0.3) is 0 Å². The lowest BCUT2D eigenvalue weighted by Crippen LogP contribution is -2.41. The molecule has 0 aromatic heterocycles. The zero-order valence-corrected chi connectivity index (χ0v) is 12.0. The molecule has 2 N–H and O–H groups in total. The normalized spacial score (nSPS) is 16.9. The number of carbonyl (C=O) groups is 2. The van der Waals surface area contributed by atoms with Crippen LogP contribution >= 0.6 is 0 Å². The Morgan fingerprint density at radius 1 is 1.09 bits per heavy atom. The molecule has 0 fully saturated rings. The molecule has 5 nitrogen and oxygen atoms in total. The van der Waals surface area contributed by atoms with Gasteiger partial charge in [-0.15, -0.1) is 0 Å². The second-order valence-corrected chi connectivity index (χ2v) is 4.98. The summed E-state index contributed by atoms with van der Waals surface area (Å²) in [7, 11) is 0. The van der Waals surface area contributed by atoms with Crippen LogP contribution in [0.4, 0.5) is 5.69 Å². The average Bonchev–Trinajstić information content (AvgIpc) is 2.65. The van der Waals surface area contributed by atoms with E-state index in [1.807, 2.05) is 54.6 Å². The van der Waals surface area contributed by atoms with Gasteiger partial charge in [0.15, 0.2) is 0 Å². The number of hydrogen-bond donors (Lipinski definition) is 2. The van der Waals surface area contributed by atoms with Crippen LogP contribution < -0.4 is 10.6 Å². The van der Waals surface area contributed by atoms with Crippen LogP contribution in [-0.4, -0.2) is 23.7 Å². The number of fused-ring (bicyclic) bond motifs is 1. The van der Waals surface area contributed by atoms with Crippen molar-refractivity contribution < 1.29 is 9.59 Å². The number of hydrogen-bond acceptors (Lipinski definition) is 3. The summed E-state index contributed by atoms with van der Waals surface area (Å²) in [6.07, 6.45) is -0.944. The van der Waals surface area contributed by atoms with Gasteiger partial charge in [-0.25, -0.2) is 4.99 Å². The summed E-state index contributed by atoms with van der Waals surface area (Å²) in [4.78, 5) is 28.1. The molecular weight excluding hydrogens is 278 g/mol. The first-order valence-electron chi connectivity index (χ1n) is 6.96. The lowest BCUT2D eigenvalue weighted by Gasteiger charge is -2.11. The van der Waals surface area contributed by atoms with E-state index >= 15 is 0 Å². The summed E-state index contributed by atoms with van der Waals surface area (Å²) in [6.45, 7) is 1.36. The number of anilines is 1. The van der Waals surface area contributed by atoms with Gasteiger partial charge in [-0.2, -0.15) is 0 Å². The van der Waals surface area contributed by atoms with Gasteiger partial charge in [0.05, 0.1) is 11.4 Å². The van der Waals surface area contributed by atoms with Gasteiger partial charge in [0, 0.05) is 18.1 Å². The monoisotopic (exact) mass is 293 g/mol. The van der Waals surface area contributed by atoms with E-state index in [9.17, 15) is 9.59 Å². The number of benzodiazepines with no additional fused rings is 1. The summed E-state index contributed by atoms with van der Waals surface area (Å²) >= 11 is 0. The third-order valence-corrected chi connectivity index (χ3v) is 3.33. The third-order valence-electron chi connectivity index (χ3n) is 3.33. The molecule has 2 aromatic rings. The maximum absolute atomic E-state index is 12.3. The molecule has 22 heavy (non-hydrogen) atoms. The first kappa shape index (κ1) is 14.0. The van der Waals surface area contributed by atoms with E-state index in [-0.39, 0.29) is 11.8 Å². The van der Waals surface area contributed by atoms with Crippen LogP contribution in [0.15, 0.2) is 59.6 Å². The molecule has 1 aliphatic rings. The van der Waals surface area contributed by atoms with E-state index in [2.05, 4.69) is 15.6 Å². The summed E-state index contributed by atoms with van der Waals surface area (Å²) < 4.78 is 0. The summed E-state index contributed by atoms with van der Waals surface area (Å²) in [5.41, 5.74) is 3.08. The zero-order chi connectivity index (χ0) is 15.5. The number of nitrogens with zero attached hydrogens (tertiary/aromatic N) is 1. The van der Waals surface area contributed by atoms with E-state index in [0.717, 1.165) is 11.1 Å². The fourth-order valence-electron chi connectivity index (χ4n) is 2.37. The number of para-hydroxylation sites is 1. The number of carbonyl (C=O) groups excluding carboxylic acids is 2. The number of aliphatic imine (C=N–C) groups is 1.